The first kappa shape index (κ1) is 11.3. The molecule has 1 amide bonds. The number of alkyl halides is 1. The smallest absolute Gasteiger partial charge is 0.236 e. The Morgan fingerprint density at radius 1 is 1.64 bits per heavy atom. The van der Waals surface area contributed by atoms with E-state index in [-0.39, 0.29) is 11.9 Å². The van der Waals surface area contributed by atoms with Gasteiger partial charge in [-0.15, -0.1) is 0 Å². The van der Waals surface area contributed by atoms with Crippen molar-refractivity contribution in [3.05, 3.63) is 24.2 Å². The third-order valence-corrected chi connectivity index (χ3v) is 2.22. The molecule has 1 heterocycles. The lowest BCUT2D eigenvalue weighted by Crippen LogP contribution is -2.38. The Morgan fingerprint density at radius 2 is 2.29 bits per heavy atom. The molecule has 0 radical (unpaired) electrons. The molecular formula is C10H14BrNO2. The van der Waals surface area contributed by atoms with Crippen molar-refractivity contribution >= 4 is 21.8 Å². The number of halogens is 1. The van der Waals surface area contributed by atoms with E-state index in [2.05, 4.69) is 21.2 Å². The molecule has 0 bridgehead atoms. The first-order valence-electron chi connectivity index (χ1n) is 4.44. The zero-order chi connectivity index (χ0) is 10.8. The summed E-state index contributed by atoms with van der Waals surface area (Å²) in [5.41, 5.74) is 0. The largest absolute Gasteiger partial charge is 0.467 e. The first-order valence-corrected chi connectivity index (χ1v) is 5.24. The number of carbonyl (C=O) groups excluding carboxylic acids is 1. The molecule has 0 saturated carbocycles. The average Bonchev–Trinajstić information content (AvgIpc) is 2.53. The maximum Gasteiger partial charge on any atom is 0.236 e. The van der Waals surface area contributed by atoms with Crippen molar-refractivity contribution in [2.45, 2.75) is 31.1 Å². The molecule has 0 aliphatic heterocycles. The molecule has 78 valence electrons. The molecule has 1 rings (SSSR count). The Bertz CT molecular complexity index is 300. The zero-order valence-corrected chi connectivity index (χ0v) is 10.1. The van der Waals surface area contributed by atoms with Crippen LogP contribution < -0.4 is 5.32 Å². The second kappa shape index (κ2) is 4.17. The Kier molecular flexibility index (Phi) is 3.37. The van der Waals surface area contributed by atoms with Gasteiger partial charge in [-0.3, -0.25) is 4.79 Å². The molecule has 14 heavy (non-hydrogen) atoms. The maximum absolute atomic E-state index is 11.6. The standard InChI is InChI=1S/C10H14BrNO2/c1-7(8-5-4-6-14-8)12-9(13)10(2,3)11/h4-7H,1-3H3,(H,12,13)/t7-/m1/s1. The molecule has 0 fully saturated rings. The van der Waals surface area contributed by atoms with Gasteiger partial charge in [-0.2, -0.15) is 0 Å². The molecule has 0 aliphatic carbocycles. The van der Waals surface area contributed by atoms with Gasteiger partial charge in [0.25, 0.3) is 0 Å². The summed E-state index contributed by atoms with van der Waals surface area (Å²) in [6, 6.07) is 3.54. The molecule has 1 aromatic heterocycles. The van der Waals surface area contributed by atoms with Gasteiger partial charge in [0.1, 0.15) is 5.76 Å². The van der Waals surface area contributed by atoms with Crippen LogP contribution in [0.2, 0.25) is 0 Å². The normalized spacial score (nSPS) is 13.7. The molecule has 0 aromatic carbocycles. The van der Waals surface area contributed by atoms with E-state index >= 15 is 0 Å². The minimum atomic E-state index is -0.548. The van der Waals surface area contributed by atoms with Gasteiger partial charge in [0, 0.05) is 0 Å². The Balaban J connectivity index is 2.58. The van der Waals surface area contributed by atoms with Crippen LogP contribution >= 0.6 is 15.9 Å². The maximum atomic E-state index is 11.6. The summed E-state index contributed by atoms with van der Waals surface area (Å²) in [4.78, 5) is 11.6. The third-order valence-electron chi connectivity index (χ3n) is 1.86. The third kappa shape index (κ3) is 2.87. The molecule has 4 heteroatoms. The van der Waals surface area contributed by atoms with Crippen LogP contribution in [0.15, 0.2) is 22.8 Å². The van der Waals surface area contributed by atoms with Crippen molar-refractivity contribution in [1.82, 2.24) is 5.32 Å². The van der Waals surface area contributed by atoms with Gasteiger partial charge in [0.05, 0.1) is 16.6 Å². The zero-order valence-electron chi connectivity index (χ0n) is 8.50. The number of carbonyl (C=O) groups is 1. The second-order valence-electron chi connectivity index (χ2n) is 3.68. The number of amides is 1. The van der Waals surface area contributed by atoms with Crippen LogP contribution in [-0.2, 0) is 4.79 Å². The first-order chi connectivity index (χ1) is 6.41. The van der Waals surface area contributed by atoms with Crippen LogP contribution in [-0.4, -0.2) is 10.2 Å². The Hall–Kier alpha value is -0.770. The lowest BCUT2D eigenvalue weighted by atomic mass is 10.1. The summed E-state index contributed by atoms with van der Waals surface area (Å²) in [5, 5.41) is 2.84. The molecular weight excluding hydrogens is 246 g/mol. The van der Waals surface area contributed by atoms with E-state index in [0.717, 1.165) is 5.76 Å². The Labute approximate surface area is 92.0 Å². The summed E-state index contributed by atoms with van der Waals surface area (Å²) >= 11 is 3.29. The van der Waals surface area contributed by atoms with E-state index in [9.17, 15) is 4.79 Å². The SMILES string of the molecule is C[C@@H](NC(=O)C(C)(C)Br)c1ccco1. The molecule has 3 nitrogen and oxygen atoms in total. The predicted octanol–water partition coefficient (Wildman–Crippen LogP) is 2.63. The van der Waals surface area contributed by atoms with Crippen LogP contribution in [0.1, 0.15) is 32.6 Å². The van der Waals surface area contributed by atoms with Crippen LogP contribution in [0.25, 0.3) is 0 Å². The topological polar surface area (TPSA) is 42.2 Å². The number of hydrogen-bond acceptors (Lipinski definition) is 2. The fourth-order valence-electron chi connectivity index (χ4n) is 0.977. The van der Waals surface area contributed by atoms with Gasteiger partial charge in [-0.05, 0) is 32.9 Å². The van der Waals surface area contributed by atoms with Gasteiger partial charge < -0.3 is 9.73 Å². The van der Waals surface area contributed by atoms with E-state index in [0.29, 0.717) is 0 Å². The van der Waals surface area contributed by atoms with Gasteiger partial charge >= 0.3 is 0 Å². The van der Waals surface area contributed by atoms with Gasteiger partial charge in [0.2, 0.25) is 5.91 Å². The lowest BCUT2D eigenvalue weighted by Gasteiger charge is -2.19. The van der Waals surface area contributed by atoms with Gasteiger partial charge in [-0.1, -0.05) is 15.9 Å². The summed E-state index contributed by atoms with van der Waals surface area (Å²) in [5.74, 6) is 0.705. The highest BCUT2D eigenvalue weighted by molar-refractivity contribution is 9.10. The molecule has 0 aliphatic rings. The second-order valence-corrected chi connectivity index (χ2v) is 5.67. The summed E-state index contributed by atoms with van der Waals surface area (Å²) in [7, 11) is 0. The predicted molar refractivity (Wildman–Crippen MR) is 58.3 cm³/mol. The van der Waals surface area contributed by atoms with E-state index < -0.39 is 4.32 Å². The van der Waals surface area contributed by atoms with E-state index in [1.807, 2.05) is 13.0 Å². The van der Waals surface area contributed by atoms with Gasteiger partial charge in [-0.25, -0.2) is 0 Å². The average molecular weight is 260 g/mol. The van der Waals surface area contributed by atoms with E-state index in [4.69, 9.17) is 4.42 Å². The number of furan rings is 1. The lowest BCUT2D eigenvalue weighted by molar-refractivity contribution is -0.123. The quantitative estimate of drug-likeness (QED) is 0.849. The minimum Gasteiger partial charge on any atom is -0.467 e. The molecule has 0 unspecified atom stereocenters. The summed E-state index contributed by atoms with van der Waals surface area (Å²) < 4.78 is 4.63. The monoisotopic (exact) mass is 259 g/mol. The number of rotatable bonds is 3. The van der Waals surface area contributed by atoms with Gasteiger partial charge in [0.15, 0.2) is 0 Å². The van der Waals surface area contributed by atoms with Crippen molar-refractivity contribution in [1.29, 1.82) is 0 Å². The summed E-state index contributed by atoms with van der Waals surface area (Å²) in [6.07, 6.45) is 1.59. The highest BCUT2D eigenvalue weighted by Crippen LogP contribution is 2.19. The molecule has 1 atom stereocenters. The van der Waals surface area contributed by atoms with Crippen molar-refractivity contribution in [2.24, 2.45) is 0 Å². The van der Waals surface area contributed by atoms with Crippen LogP contribution in [0, 0.1) is 0 Å². The highest BCUT2D eigenvalue weighted by Gasteiger charge is 2.25. The number of hydrogen-bond donors (Lipinski definition) is 1. The van der Waals surface area contributed by atoms with Crippen LogP contribution in [0.4, 0.5) is 0 Å². The number of nitrogens with one attached hydrogen (secondary N) is 1. The van der Waals surface area contributed by atoms with Crippen molar-refractivity contribution in [2.75, 3.05) is 0 Å². The van der Waals surface area contributed by atoms with Crippen LogP contribution in [0.3, 0.4) is 0 Å². The van der Waals surface area contributed by atoms with Crippen molar-refractivity contribution < 1.29 is 9.21 Å². The Morgan fingerprint density at radius 3 is 2.71 bits per heavy atom. The fourth-order valence-corrected chi connectivity index (χ4v) is 1.09. The molecule has 1 N–H and O–H groups in total. The fraction of sp³-hybridized carbons (Fsp3) is 0.500. The summed E-state index contributed by atoms with van der Waals surface area (Å²) in [6.45, 7) is 5.49. The van der Waals surface area contributed by atoms with Crippen molar-refractivity contribution in [3.8, 4) is 0 Å². The molecule has 0 saturated heterocycles. The van der Waals surface area contributed by atoms with Crippen molar-refractivity contribution in [3.63, 3.8) is 0 Å². The highest BCUT2D eigenvalue weighted by atomic mass is 79.9. The minimum absolute atomic E-state index is 0.0543. The van der Waals surface area contributed by atoms with E-state index in [1.165, 1.54) is 0 Å². The van der Waals surface area contributed by atoms with E-state index in [1.54, 1.807) is 26.2 Å². The molecule has 1 aromatic rings. The molecule has 0 spiro atoms. The van der Waals surface area contributed by atoms with Crippen LogP contribution in [0.5, 0.6) is 0 Å².